The summed E-state index contributed by atoms with van der Waals surface area (Å²) in [5.74, 6) is -0.273. The molecule has 2 rings (SSSR count). The fourth-order valence-corrected chi connectivity index (χ4v) is 4.57. The number of benzene rings is 1. The van der Waals surface area contributed by atoms with Crippen LogP contribution in [0.4, 0.5) is 4.39 Å². The van der Waals surface area contributed by atoms with E-state index in [1.165, 1.54) is 12.1 Å². The van der Waals surface area contributed by atoms with E-state index < -0.39 is 5.54 Å². The van der Waals surface area contributed by atoms with Crippen LogP contribution in [0, 0.1) is 16.6 Å². The van der Waals surface area contributed by atoms with Crippen LogP contribution >= 0.6 is 11.6 Å². The molecule has 0 radical (unpaired) electrons. The van der Waals surface area contributed by atoms with Gasteiger partial charge in [0, 0.05) is 10.6 Å². The van der Waals surface area contributed by atoms with Crippen molar-refractivity contribution in [2.75, 3.05) is 0 Å². The van der Waals surface area contributed by atoms with Gasteiger partial charge in [-0.2, -0.15) is 0 Å². The first kappa shape index (κ1) is 14.8. The third kappa shape index (κ3) is 3.11. The molecular formula is C16H23ClFN. The van der Waals surface area contributed by atoms with Crippen LogP contribution in [0.25, 0.3) is 0 Å². The van der Waals surface area contributed by atoms with E-state index in [9.17, 15) is 4.39 Å². The van der Waals surface area contributed by atoms with Crippen molar-refractivity contribution in [3.8, 4) is 0 Å². The summed E-state index contributed by atoms with van der Waals surface area (Å²) in [6, 6.07) is 4.49. The van der Waals surface area contributed by atoms with Crippen molar-refractivity contribution in [3.63, 3.8) is 0 Å². The van der Waals surface area contributed by atoms with Crippen molar-refractivity contribution in [3.05, 3.63) is 34.6 Å². The molecule has 0 atom stereocenters. The van der Waals surface area contributed by atoms with Gasteiger partial charge in [-0.05, 0) is 53.9 Å². The molecule has 106 valence electrons. The SMILES string of the molecule is CC1(C)CC(C)(C)CC(N)(c2cc(F)ccc2Cl)C1. The molecule has 1 aromatic carbocycles. The number of hydrogen-bond donors (Lipinski definition) is 1. The quantitative estimate of drug-likeness (QED) is 0.782. The average molecular weight is 284 g/mol. The summed E-state index contributed by atoms with van der Waals surface area (Å²) in [7, 11) is 0. The Morgan fingerprint density at radius 2 is 1.58 bits per heavy atom. The van der Waals surface area contributed by atoms with E-state index in [0.29, 0.717) is 5.02 Å². The molecule has 0 unspecified atom stereocenters. The Kier molecular flexibility index (Phi) is 3.47. The molecule has 1 aliphatic rings. The largest absolute Gasteiger partial charge is 0.321 e. The normalized spacial score (nSPS) is 24.2. The van der Waals surface area contributed by atoms with E-state index in [2.05, 4.69) is 27.7 Å². The first-order valence-electron chi connectivity index (χ1n) is 6.78. The maximum Gasteiger partial charge on any atom is 0.123 e. The highest BCUT2D eigenvalue weighted by molar-refractivity contribution is 6.31. The number of rotatable bonds is 1. The standard InChI is InChI=1S/C16H23ClFN/c1-14(2)8-15(3,4)10-16(19,9-14)12-7-11(18)5-6-13(12)17/h5-7H,8-10,19H2,1-4H3. The molecule has 1 fully saturated rings. The van der Waals surface area contributed by atoms with Crippen molar-refractivity contribution < 1.29 is 4.39 Å². The molecule has 1 nitrogen and oxygen atoms in total. The van der Waals surface area contributed by atoms with Gasteiger partial charge in [-0.1, -0.05) is 39.3 Å². The zero-order chi connectivity index (χ0) is 14.5. The average Bonchev–Trinajstić information content (AvgIpc) is 2.16. The highest BCUT2D eigenvalue weighted by atomic mass is 35.5. The van der Waals surface area contributed by atoms with Crippen molar-refractivity contribution in [2.24, 2.45) is 16.6 Å². The van der Waals surface area contributed by atoms with Gasteiger partial charge in [0.1, 0.15) is 5.82 Å². The van der Waals surface area contributed by atoms with Crippen molar-refractivity contribution in [1.82, 2.24) is 0 Å². The van der Waals surface area contributed by atoms with Gasteiger partial charge in [-0.25, -0.2) is 4.39 Å². The molecule has 1 aromatic rings. The molecule has 0 heterocycles. The minimum atomic E-state index is -0.551. The third-order valence-corrected chi connectivity index (χ3v) is 4.34. The van der Waals surface area contributed by atoms with E-state index >= 15 is 0 Å². The molecule has 3 heteroatoms. The molecule has 1 saturated carbocycles. The van der Waals surface area contributed by atoms with Crippen LogP contribution in [0.1, 0.15) is 52.5 Å². The Hall–Kier alpha value is -0.600. The number of nitrogens with two attached hydrogens (primary N) is 1. The summed E-state index contributed by atoms with van der Waals surface area (Å²) in [6.45, 7) is 8.90. The van der Waals surface area contributed by atoms with E-state index in [1.807, 2.05) is 0 Å². The molecule has 0 saturated heterocycles. The van der Waals surface area contributed by atoms with Crippen LogP contribution in [0.5, 0.6) is 0 Å². The van der Waals surface area contributed by atoms with Gasteiger partial charge in [0.05, 0.1) is 0 Å². The summed E-state index contributed by atoms with van der Waals surface area (Å²) in [5.41, 5.74) is 7.11. The highest BCUT2D eigenvalue weighted by Crippen LogP contribution is 2.53. The molecule has 2 N–H and O–H groups in total. The van der Waals surface area contributed by atoms with Crippen molar-refractivity contribution >= 4 is 11.6 Å². The van der Waals surface area contributed by atoms with E-state index in [1.54, 1.807) is 6.07 Å². The summed E-state index contributed by atoms with van der Waals surface area (Å²) in [6.07, 6.45) is 2.77. The molecule has 0 aromatic heterocycles. The second kappa shape index (κ2) is 4.46. The van der Waals surface area contributed by atoms with Gasteiger partial charge in [0.2, 0.25) is 0 Å². The fourth-order valence-electron chi connectivity index (χ4n) is 4.26. The summed E-state index contributed by atoms with van der Waals surface area (Å²) < 4.78 is 13.5. The van der Waals surface area contributed by atoms with Gasteiger partial charge in [0.15, 0.2) is 0 Å². The van der Waals surface area contributed by atoms with E-state index in [0.717, 1.165) is 24.8 Å². The van der Waals surface area contributed by atoms with Gasteiger partial charge >= 0.3 is 0 Å². The highest BCUT2D eigenvalue weighted by Gasteiger charge is 2.46. The Morgan fingerprint density at radius 1 is 1.05 bits per heavy atom. The second-order valence-corrected chi connectivity index (χ2v) is 8.05. The Morgan fingerprint density at radius 3 is 2.11 bits per heavy atom. The topological polar surface area (TPSA) is 26.0 Å². The van der Waals surface area contributed by atoms with Gasteiger partial charge < -0.3 is 5.73 Å². The van der Waals surface area contributed by atoms with Gasteiger partial charge in [-0.3, -0.25) is 0 Å². The second-order valence-electron chi connectivity index (χ2n) is 7.64. The zero-order valence-electron chi connectivity index (χ0n) is 12.2. The summed E-state index contributed by atoms with van der Waals surface area (Å²) >= 11 is 6.26. The Balaban J connectivity index is 2.49. The third-order valence-electron chi connectivity index (χ3n) is 4.01. The lowest BCUT2D eigenvalue weighted by atomic mass is 9.57. The maximum absolute atomic E-state index is 13.5. The Bertz CT molecular complexity index is 478. The lowest BCUT2D eigenvalue weighted by Gasteiger charge is -2.51. The predicted molar refractivity (Wildman–Crippen MR) is 78.7 cm³/mol. The smallest absolute Gasteiger partial charge is 0.123 e. The minimum Gasteiger partial charge on any atom is -0.321 e. The summed E-state index contributed by atoms with van der Waals surface area (Å²) in [5, 5.41) is 0.567. The molecular weight excluding hydrogens is 261 g/mol. The van der Waals surface area contributed by atoms with Gasteiger partial charge in [0.25, 0.3) is 0 Å². The van der Waals surface area contributed by atoms with E-state index in [4.69, 9.17) is 17.3 Å². The van der Waals surface area contributed by atoms with Crippen LogP contribution in [0.15, 0.2) is 18.2 Å². The number of hydrogen-bond acceptors (Lipinski definition) is 1. The first-order chi connectivity index (χ1) is 8.53. The van der Waals surface area contributed by atoms with Crippen molar-refractivity contribution in [2.45, 2.75) is 52.5 Å². The maximum atomic E-state index is 13.5. The van der Waals surface area contributed by atoms with Crippen LogP contribution in [-0.4, -0.2) is 0 Å². The summed E-state index contributed by atoms with van der Waals surface area (Å²) in [4.78, 5) is 0. The molecule has 0 spiro atoms. The fraction of sp³-hybridized carbons (Fsp3) is 0.625. The van der Waals surface area contributed by atoms with E-state index in [-0.39, 0.29) is 16.6 Å². The Labute approximate surface area is 120 Å². The zero-order valence-corrected chi connectivity index (χ0v) is 12.9. The molecule has 0 bridgehead atoms. The molecule has 0 aliphatic heterocycles. The van der Waals surface area contributed by atoms with Crippen molar-refractivity contribution in [1.29, 1.82) is 0 Å². The predicted octanol–water partition coefficient (Wildman–Crippen LogP) is 4.87. The molecule has 19 heavy (non-hydrogen) atoms. The van der Waals surface area contributed by atoms with Crippen LogP contribution in [0.2, 0.25) is 5.02 Å². The molecule has 1 aliphatic carbocycles. The van der Waals surface area contributed by atoms with Gasteiger partial charge in [-0.15, -0.1) is 0 Å². The lowest BCUT2D eigenvalue weighted by molar-refractivity contribution is 0.0470. The first-order valence-corrected chi connectivity index (χ1v) is 7.15. The minimum absolute atomic E-state index is 0.131. The number of halogens is 2. The van der Waals surface area contributed by atoms with Crippen LogP contribution < -0.4 is 5.73 Å². The monoisotopic (exact) mass is 283 g/mol. The van der Waals surface area contributed by atoms with Crippen LogP contribution in [-0.2, 0) is 5.54 Å². The lowest BCUT2D eigenvalue weighted by Crippen LogP contribution is -2.50. The molecule has 0 amide bonds. The van der Waals surface area contributed by atoms with Crippen LogP contribution in [0.3, 0.4) is 0 Å².